The lowest BCUT2D eigenvalue weighted by Gasteiger charge is -2.34. The van der Waals surface area contributed by atoms with Crippen molar-refractivity contribution in [1.29, 1.82) is 0 Å². The van der Waals surface area contributed by atoms with Crippen LogP contribution in [0.25, 0.3) is 0 Å². The Morgan fingerprint density at radius 2 is 1.89 bits per heavy atom. The van der Waals surface area contributed by atoms with Gasteiger partial charge in [0.25, 0.3) is 0 Å². The standard InChI is InChI=1S/C22H30N2O3/c1-4-6-16-24(17-7-5-2)20-11-9-8-10-19(20)22(21(25)26)14-12-18(13-15-22)23(3)27/h8-14H,3-7,15-17H2,1-2H3,(H,25,26). The van der Waals surface area contributed by atoms with E-state index in [2.05, 4.69) is 25.5 Å². The van der Waals surface area contributed by atoms with E-state index in [4.69, 9.17) is 0 Å². The zero-order chi connectivity index (χ0) is 19.9. The Labute approximate surface area is 161 Å². The Balaban J connectivity index is 2.48. The zero-order valence-electron chi connectivity index (χ0n) is 16.4. The second kappa shape index (κ2) is 9.40. The fourth-order valence-electron chi connectivity index (χ4n) is 3.47. The lowest BCUT2D eigenvalue weighted by molar-refractivity contribution is -0.385. The maximum absolute atomic E-state index is 12.3. The summed E-state index contributed by atoms with van der Waals surface area (Å²) in [6, 6.07) is 7.76. The van der Waals surface area contributed by atoms with Crippen LogP contribution in [0.2, 0.25) is 0 Å². The summed E-state index contributed by atoms with van der Waals surface area (Å²) >= 11 is 0. The van der Waals surface area contributed by atoms with Gasteiger partial charge in [-0.1, -0.05) is 51.0 Å². The van der Waals surface area contributed by atoms with E-state index < -0.39 is 11.4 Å². The average molecular weight is 370 g/mol. The molecule has 1 aromatic carbocycles. The first-order valence-electron chi connectivity index (χ1n) is 9.71. The van der Waals surface area contributed by atoms with Crippen molar-refractivity contribution in [3.63, 3.8) is 0 Å². The number of allylic oxidation sites excluding steroid dienone is 2. The molecule has 0 aliphatic heterocycles. The Kier molecular flexibility index (Phi) is 7.22. The van der Waals surface area contributed by atoms with Gasteiger partial charge in [-0.3, -0.25) is 4.79 Å². The van der Waals surface area contributed by atoms with Crippen molar-refractivity contribution in [2.75, 3.05) is 18.0 Å². The fraction of sp³-hybridized carbons (Fsp3) is 0.455. The molecule has 0 bridgehead atoms. The molecule has 1 atom stereocenters. The van der Waals surface area contributed by atoms with Gasteiger partial charge in [-0.15, -0.1) is 0 Å². The molecule has 1 aliphatic rings. The number of nitrogens with zero attached hydrogens (tertiary/aromatic N) is 2. The second-order valence-corrected chi connectivity index (χ2v) is 7.03. The number of hydroxylamine groups is 1. The molecule has 0 amide bonds. The van der Waals surface area contributed by atoms with E-state index in [1.807, 2.05) is 24.3 Å². The highest BCUT2D eigenvalue weighted by molar-refractivity contribution is 5.87. The molecule has 1 unspecified atom stereocenters. The topological polar surface area (TPSA) is 66.6 Å². The molecule has 1 N–H and O–H groups in total. The largest absolute Gasteiger partial charge is 0.619 e. The number of carboxylic acids is 1. The number of carbonyl (C=O) groups is 1. The van der Waals surface area contributed by atoms with Crippen LogP contribution >= 0.6 is 0 Å². The SMILES string of the molecule is C=[N+]([O-])C1=CCC(C(=O)O)(c2ccccc2N(CCCC)CCCC)C=C1. The maximum Gasteiger partial charge on any atom is 0.318 e. The Morgan fingerprint density at radius 1 is 1.26 bits per heavy atom. The summed E-state index contributed by atoms with van der Waals surface area (Å²) in [7, 11) is 0. The van der Waals surface area contributed by atoms with Crippen molar-refractivity contribution in [2.45, 2.75) is 51.4 Å². The molecule has 0 saturated carbocycles. The van der Waals surface area contributed by atoms with Crippen molar-refractivity contribution in [1.82, 2.24) is 0 Å². The first-order valence-corrected chi connectivity index (χ1v) is 9.71. The van der Waals surface area contributed by atoms with E-state index in [0.29, 0.717) is 10.4 Å². The van der Waals surface area contributed by atoms with E-state index >= 15 is 0 Å². The van der Waals surface area contributed by atoms with Crippen LogP contribution in [0.5, 0.6) is 0 Å². The van der Waals surface area contributed by atoms with Crippen molar-refractivity contribution in [3.8, 4) is 0 Å². The molecule has 1 aromatic rings. The van der Waals surface area contributed by atoms with Crippen molar-refractivity contribution < 1.29 is 14.6 Å². The van der Waals surface area contributed by atoms with Gasteiger partial charge in [0.15, 0.2) is 0 Å². The van der Waals surface area contributed by atoms with Gasteiger partial charge in [0.1, 0.15) is 12.1 Å². The minimum atomic E-state index is -1.17. The molecule has 5 heteroatoms. The van der Waals surface area contributed by atoms with Crippen LogP contribution in [0.15, 0.2) is 48.2 Å². The summed E-state index contributed by atoms with van der Waals surface area (Å²) in [4.78, 5) is 14.7. The molecule has 0 fully saturated rings. The minimum absolute atomic E-state index is 0.231. The van der Waals surface area contributed by atoms with E-state index in [-0.39, 0.29) is 6.42 Å². The third-order valence-corrected chi connectivity index (χ3v) is 5.13. The summed E-state index contributed by atoms with van der Waals surface area (Å²) in [6.45, 7) is 9.47. The smallest absolute Gasteiger partial charge is 0.318 e. The number of hydrogen-bond acceptors (Lipinski definition) is 3. The average Bonchev–Trinajstić information content (AvgIpc) is 2.68. The summed E-state index contributed by atoms with van der Waals surface area (Å²) in [5.41, 5.74) is 0.958. The van der Waals surface area contributed by atoms with Crippen LogP contribution in [0.4, 0.5) is 5.69 Å². The molecule has 146 valence electrons. The minimum Gasteiger partial charge on any atom is -0.619 e. The van der Waals surface area contributed by atoms with Crippen LogP contribution < -0.4 is 4.90 Å². The van der Waals surface area contributed by atoms with Gasteiger partial charge in [0.05, 0.1) is 0 Å². The molecule has 0 saturated heterocycles. The quantitative estimate of drug-likeness (QED) is 0.286. The van der Waals surface area contributed by atoms with E-state index in [1.165, 1.54) is 0 Å². The first-order chi connectivity index (χ1) is 13.0. The molecule has 0 spiro atoms. The Hall–Kier alpha value is -2.56. The number of anilines is 1. The zero-order valence-corrected chi connectivity index (χ0v) is 16.4. The number of aliphatic carboxylic acids is 1. The summed E-state index contributed by atoms with van der Waals surface area (Å²) in [5.74, 6) is -0.908. The highest BCUT2D eigenvalue weighted by Crippen LogP contribution is 2.40. The Bertz CT molecular complexity index is 731. The molecule has 0 aromatic heterocycles. The monoisotopic (exact) mass is 370 g/mol. The number of benzene rings is 1. The number of carboxylic acid groups (broad SMARTS) is 1. The van der Waals surface area contributed by atoms with Crippen molar-refractivity contribution in [3.05, 3.63) is 59.0 Å². The van der Waals surface area contributed by atoms with Crippen LogP contribution in [0.1, 0.15) is 51.5 Å². The van der Waals surface area contributed by atoms with E-state index in [1.54, 1.807) is 18.2 Å². The highest BCUT2D eigenvalue weighted by atomic mass is 16.5. The lowest BCUT2D eigenvalue weighted by Crippen LogP contribution is -2.38. The number of hydrogen-bond donors (Lipinski definition) is 1. The van der Waals surface area contributed by atoms with Gasteiger partial charge in [-0.25, -0.2) is 0 Å². The lowest BCUT2D eigenvalue weighted by atomic mass is 9.74. The third kappa shape index (κ3) is 4.59. The van der Waals surface area contributed by atoms with Gasteiger partial charge in [-0.05, 0) is 37.0 Å². The van der Waals surface area contributed by atoms with Crippen LogP contribution in [-0.4, -0.2) is 35.6 Å². The first kappa shape index (κ1) is 20.7. The predicted octanol–water partition coefficient (Wildman–Crippen LogP) is 4.47. The summed E-state index contributed by atoms with van der Waals surface area (Å²) < 4.78 is 0.517. The van der Waals surface area contributed by atoms with E-state index in [9.17, 15) is 15.1 Å². The number of para-hydroxylation sites is 1. The summed E-state index contributed by atoms with van der Waals surface area (Å²) in [5, 5.41) is 21.6. The molecule has 2 rings (SSSR count). The summed E-state index contributed by atoms with van der Waals surface area (Å²) in [6.07, 6.45) is 9.39. The van der Waals surface area contributed by atoms with Gasteiger partial charge >= 0.3 is 5.97 Å². The maximum atomic E-state index is 12.3. The Morgan fingerprint density at radius 3 is 2.37 bits per heavy atom. The van der Waals surface area contributed by atoms with Crippen LogP contribution in [0.3, 0.4) is 0 Å². The molecule has 0 heterocycles. The van der Waals surface area contributed by atoms with Crippen LogP contribution in [-0.2, 0) is 10.2 Å². The predicted molar refractivity (Wildman–Crippen MR) is 110 cm³/mol. The third-order valence-electron chi connectivity index (χ3n) is 5.13. The molecular formula is C22H30N2O3. The molecule has 0 radical (unpaired) electrons. The van der Waals surface area contributed by atoms with Gasteiger partial charge < -0.3 is 15.2 Å². The molecular weight excluding hydrogens is 340 g/mol. The van der Waals surface area contributed by atoms with Gasteiger partial charge in [-0.2, -0.15) is 4.74 Å². The van der Waals surface area contributed by atoms with E-state index in [0.717, 1.165) is 50.0 Å². The normalized spacial score (nSPS) is 18.8. The van der Waals surface area contributed by atoms with Gasteiger partial charge in [0, 0.05) is 24.9 Å². The van der Waals surface area contributed by atoms with Crippen molar-refractivity contribution >= 4 is 18.4 Å². The van der Waals surface area contributed by atoms with Gasteiger partial charge in [0.2, 0.25) is 5.70 Å². The second-order valence-electron chi connectivity index (χ2n) is 7.03. The number of rotatable bonds is 10. The number of unbranched alkanes of at least 4 members (excludes halogenated alkanes) is 2. The molecule has 5 nitrogen and oxygen atoms in total. The van der Waals surface area contributed by atoms with Crippen molar-refractivity contribution in [2.24, 2.45) is 0 Å². The fourth-order valence-corrected chi connectivity index (χ4v) is 3.47. The molecule has 27 heavy (non-hydrogen) atoms. The van der Waals surface area contributed by atoms with Crippen LogP contribution in [0, 0.1) is 5.21 Å². The molecule has 1 aliphatic carbocycles. The highest BCUT2D eigenvalue weighted by Gasteiger charge is 2.41.